The number of carboxylic acids is 1. The van der Waals surface area contributed by atoms with Crippen molar-refractivity contribution in [1.29, 1.82) is 0 Å². The Bertz CT molecular complexity index is 734. The van der Waals surface area contributed by atoms with Gasteiger partial charge in [-0.1, -0.05) is 6.92 Å². The fraction of sp³-hybridized carbons (Fsp3) is 0.562. The summed E-state index contributed by atoms with van der Waals surface area (Å²) in [4.78, 5) is 25.8. The van der Waals surface area contributed by atoms with Crippen molar-refractivity contribution in [2.75, 3.05) is 0 Å². The van der Waals surface area contributed by atoms with Crippen LogP contribution in [0.1, 0.15) is 48.0 Å². The summed E-state index contributed by atoms with van der Waals surface area (Å²) < 4.78 is 1.75. The molecule has 124 valence electrons. The van der Waals surface area contributed by atoms with Crippen LogP contribution in [0.25, 0.3) is 10.2 Å². The van der Waals surface area contributed by atoms with E-state index in [4.69, 9.17) is 0 Å². The Morgan fingerprint density at radius 3 is 2.65 bits per heavy atom. The number of aromatic nitrogens is 2. The largest absolute Gasteiger partial charge is 0.480 e. The van der Waals surface area contributed by atoms with Crippen molar-refractivity contribution in [3.63, 3.8) is 0 Å². The molecule has 6 nitrogen and oxygen atoms in total. The Kier molecular flexibility index (Phi) is 3.91. The van der Waals surface area contributed by atoms with Crippen molar-refractivity contribution in [2.24, 2.45) is 13.0 Å². The van der Waals surface area contributed by atoms with Crippen LogP contribution < -0.4 is 5.32 Å². The maximum absolute atomic E-state index is 12.6. The second-order valence-corrected chi connectivity index (χ2v) is 7.59. The van der Waals surface area contributed by atoms with Crippen LogP contribution in [0, 0.1) is 12.8 Å². The molecule has 1 fully saturated rings. The molecule has 3 rings (SSSR count). The second-order valence-electron chi connectivity index (χ2n) is 6.56. The third-order valence-corrected chi connectivity index (χ3v) is 6.01. The number of carbonyl (C=O) groups excluding carboxylic acids is 1. The zero-order valence-corrected chi connectivity index (χ0v) is 14.4. The molecule has 0 aliphatic heterocycles. The van der Waals surface area contributed by atoms with Gasteiger partial charge in [0.2, 0.25) is 0 Å². The van der Waals surface area contributed by atoms with E-state index in [1.165, 1.54) is 11.3 Å². The molecule has 1 saturated carbocycles. The van der Waals surface area contributed by atoms with E-state index < -0.39 is 11.5 Å². The maximum Gasteiger partial charge on any atom is 0.329 e. The molecule has 1 aliphatic carbocycles. The minimum absolute atomic E-state index is 0.303. The fourth-order valence-corrected chi connectivity index (χ4v) is 4.26. The summed E-state index contributed by atoms with van der Waals surface area (Å²) >= 11 is 1.35. The number of aryl methyl sites for hydroxylation is 2. The average Bonchev–Trinajstić information content (AvgIpc) is 3.04. The van der Waals surface area contributed by atoms with Crippen molar-refractivity contribution < 1.29 is 14.7 Å². The molecule has 0 unspecified atom stereocenters. The Morgan fingerprint density at radius 1 is 1.43 bits per heavy atom. The zero-order valence-electron chi connectivity index (χ0n) is 13.5. The number of carbonyl (C=O) groups is 2. The number of hydrogen-bond acceptors (Lipinski definition) is 4. The zero-order chi connectivity index (χ0) is 16.8. The van der Waals surface area contributed by atoms with Crippen LogP contribution in [-0.2, 0) is 11.8 Å². The molecule has 0 aromatic carbocycles. The summed E-state index contributed by atoms with van der Waals surface area (Å²) in [5, 5.41) is 17.7. The number of amides is 1. The lowest BCUT2D eigenvalue weighted by molar-refractivity contribution is -0.146. The van der Waals surface area contributed by atoms with Gasteiger partial charge in [0.1, 0.15) is 10.4 Å². The molecule has 2 aromatic heterocycles. The molecule has 1 amide bonds. The van der Waals surface area contributed by atoms with Gasteiger partial charge in [0, 0.05) is 12.4 Å². The number of hydrogen-bond donors (Lipinski definition) is 2. The molecule has 0 atom stereocenters. The van der Waals surface area contributed by atoms with E-state index in [0.717, 1.165) is 28.8 Å². The first-order chi connectivity index (χ1) is 10.8. The number of rotatable bonds is 3. The number of nitrogens with zero attached hydrogens (tertiary/aromatic N) is 2. The Hall–Kier alpha value is -1.89. The third kappa shape index (κ3) is 2.73. The standard InChI is InChI=1S/C16H21N3O3S/c1-9-4-6-16(7-5-9,15(21)22)17-13(20)12-8-11-10(2)18-19(3)14(11)23-12/h8-9H,4-7H2,1-3H3,(H,17,20)(H,21,22). The quantitative estimate of drug-likeness (QED) is 0.903. The molecule has 2 aromatic rings. The van der Waals surface area contributed by atoms with E-state index in [9.17, 15) is 14.7 Å². The van der Waals surface area contributed by atoms with Crippen LogP contribution in [0.15, 0.2) is 6.07 Å². The van der Waals surface area contributed by atoms with E-state index in [2.05, 4.69) is 17.3 Å². The maximum atomic E-state index is 12.6. The molecule has 0 saturated heterocycles. The third-order valence-electron chi connectivity index (χ3n) is 4.81. The van der Waals surface area contributed by atoms with Crippen molar-refractivity contribution >= 4 is 33.4 Å². The molecule has 2 N–H and O–H groups in total. The van der Waals surface area contributed by atoms with Gasteiger partial charge in [0.05, 0.1) is 10.6 Å². The van der Waals surface area contributed by atoms with Crippen LogP contribution in [-0.4, -0.2) is 32.3 Å². The first kappa shape index (κ1) is 16.0. The summed E-state index contributed by atoms with van der Waals surface area (Å²) in [6.07, 6.45) is 2.62. The molecule has 0 bridgehead atoms. The number of nitrogens with one attached hydrogen (secondary N) is 1. The van der Waals surface area contributed by atoms with E-state index in [1.54, 1.807) is 10.7 Å². The minimum atomic E-state index is -1.13. The van der Waals surface area contributed by atoms with Gasteiger partial charge < -0.3 is 10.4 Å². The van der Waals surface area contributed by atoms with E-state index in [0.29, 0.717) is 23.6 Å². The first-order valence-corrected chi connectivity index (χ1v) is 8.63. The predicted octanol–water partition coefficient (Wildman–Crippen LogP) is 2.71. The minimum Gasteiger partial charge on any atom is -0.480 e. The lowest BCUT2D eigenvalue weighted by Gasteiger charge is -2.36. The highest BCUT2D eigenvalue weighted by molar-refractivity contribution is 7.20. The smallest absolute Gasteiger partial charge is 0.329 e. The van der Waals surface area contributed by atoms with Gasteiger partial charge in [-0.2, -0.15) is 5.10 Å². The van der Waals surface area contributed by atoms with Crippen molar-refractivity contribution in [3.05, 3.63) is 16.6 Å². The van der Waals surface area contributed by atoms with Crippen molar-refractivity contribution in [2.45, 2.75) is 45.1 Å². The Labute approximate surface area is 138 Å². The molecule has 0 spiro atoms. The van der Waals surface area contributed by atoms with Crippen molar-refractivity contribution in [3.8, 4) is 0 Å². The summed E-state index contributed by atoms with van der Waals surface area (Å²) in [5.41, 5.74) is -0.259. The highest BCUT2D eigenvalue weighted by Gasteiger charge is 2.42. The summed E-state index contributed by atoms with van der Waals surface area (Å²) in [6.45, 7) is 4.02. The van der Waals surface area contributed by atoms with E-state index >= 15 is 0 Å². The molecule has 1 aliphatic rings. The molecular weight excluding hydrogens is 314 g/mol. The predicted molar refractivity (Wildman–Crippen MR) is 88.8 cm³/mol. The highest BCUT2D eigenvalue weighted by atomic mass is 32.1. The molecule has 0 radical (unpaired) electrons. The van der Waals surface area contributed by atoms with E-state index in [1.807, 2.05) is 14.0 Å². The first-order valence-electron chi connectivity index (χ1n) is 7.81. The molecule has 2 heterocycles. The monoisotopic (exact) mass is 335 g/mol. The second kappa shape index (κ2) is 5.63. The molecule has 23 heavy (non-hydrogen) atoms. The van der Waals surface area contributed by atoms with Gasteiger partial charge >= 0.3 is 5.97 Å². The molecule has 7 heteroatoms. The topological polar surface area (TPSA) is 84.2 Å². The van der Waals surface area contributed by atoms with Gasteiger partial charge in [0.15, 0.2) is 0 Å². The number of carboxylic acid groups (broad SMARTS) is 1. The van der Waals surface area contributed by atoms with Crippen LogP contribution >= 0.6 is 11.3 Å². The summed E-state index contributed by atoms with van der Waals surface area (Å²) in [6, 6.07) is 1.80. The van der Waals surface area contributed by atoms with Gasteiger partial charge in [-0.15, -0.1) is 11.3 Å². The molecular formula is C16H21N3O3S. The summed E-state index contributed by atoms with van der Waals surface area (Å²) in [5.74, 6) is -0.725. The SMILES string of the molecule is Cc1nn(C)c2sc(C(=O)NC3(C(=O)O)CCC(C)CC3)cc12. The Morgan fingerprint density at radius 2 is 2.09 bits per heavy atom. The lowest BCUT2D eigenvalue weighted by Crippen LogP contribution is -2.56. The van der Waals surface area contributed by atoms with E-state index in [-0.39, 0.29) is 5.91 Å². The Balaban J connectivity index is 1.86. The van der Waals surface area contributed by atoms with Gasteiger partial charge in [-0.25, -0.2) is 4.79 Å². The normalized spacial score (nSPS) is 24.7. The fourth-order valence-electron chi connectivity index (χ4n) is 3.24. The number of thiophene rings is 1. The van der Waals surface area contributed by atoms with Gasteiger partial charge in [-0.05, 0) is 44.6 Å². The van der Waals surface area contributed by atoms with Gasteiger partial charge in [-0.3, -0.25) is 9.48 Å². The van der Waals surface area contributed by atoms with Crippen molar-refractivity contribution in [1.82, 2.24) is 15.1 Å². The average molecular weight is 335 g/mol. The number of fused-ring (bicyclic) bond motifs is 1. The van der Waals surface area contributed by atoms with Crippen LogP contribution in [0.2, 0.25) is 0 Å². The highest BCUT2D eigenvalue weighted by Crippen LogP contribution is 2.33. The van der Waals surface area contributed by atoms with Crippen LogP contribution in [0.5, 0.6) is 0 Å². The lowest BCUT2D eigenvalue weighted by atomic mass is 9.77. The van der Waals surface area contributed by atoms with Crippen LogP contribution in [0.4, 0.5) is 0 Å². The van der Waals surface area contributed by atoms with Crippen LogP contribution in [0.3, 0.4) is 0 Å². The number of aliphatic carboxylic acids is 1. The van der Waals surface area contributed by atoms with Gasteiger partial charge in [0.25, 0.3) is 5.91 Å². The summed E-state index contributed by atoms with van der Waals surface area (Å²) in [7, 11) is 1.84.